The first-order valence-electron chi connectivity index (χ1n) is 9.12. The van der Waals surface area contributed by atoms with Crippen LogP contribution in [0, 0.1) is 0 Å². The minimum atomic E-state index is 0.596. The molecule has 0 radical (unpaired) electrons. The predicted octanol–water partition coefficient (Wildman–Crippen LogP) is 6.53. The lowest BCUT2D eigenvalue weighted by Gasteiger charge is -2.14. The van der Waals surface area contributed by atoms with Gasteiger partial charge in [-0.25, -0.2) is 0 Å². The molecule has 0 aromatic heterocycles. The summed E-state index contributed by atoms with van der Waals surface area (Å²) in [6.07, 6.45) is 8.47. The summed E-state index contributed by atoms with van der Waals surface area (Å²) in [6.45, 7) is 6.83. The zero-order valence-corrected chi connectivity index (χ0v) is 14.7. The number of hydrogen-bond acceptors (Lipinski definition) is 0. The normalized spacial score (nSPS) is 15.4. The maximum Gasteiger partial charge on any atom is -0.0146 e. The SMILES string of the molecule is CCCC/C=C1\c2ccccc2CCc2cc(C(C)C)ccc21. The molecule has 0 aliphatic heterocycles. The second-order valence-electron chi connectivity index (χ2n) is 6.99. The summed E-state index contributed by atoms with van der Waals surface area (Å²) in [4.78, 5) is 0. The molecule has 23 heavy (non-hydrogen) atoms. The Kier molecular flexibility index (Phi) is 5.00. The molecule has 0 nitrogen and oxygen atoms in total. The standard InChI is InChI=1S/C23H28/c1-4-5-6-11-23-21-10-8-7-9-18(21)12-13-20-16-19(17(2)3)14-15-22(20)23/h7-11,14-17H,4-6,12-13H2,1-3H3/b23-11+. The van der Waals surface area contributed by atoms with Crippen molar-refractivity contribution >= 4 is 5.57 Å². The summed E-state index contributed by atoms with van der Waals surface area (Å²) >= 11 is 0. The van der Waals surface area contributed by atoms with Crippen LogP contribution < -0.4 is 0 Å². The lowest BCUT2D eigenvalue weighted by Crippen LogP contribution is -1.96. The van der Waals surface area contributed by atoms with E-state index < -0.39 is 0 Å². The second-order valence-corrected chi connectivity index (χ2v) is 6.99. The maximum atomic E-state index is 2.47. The molecular formula is C23H28. The van der Waals surface area contributed by atoms with Crippen molar-refractivity contribution in [2.24, 2.45) is 0 Å². The van der Waals surface area contributed by atoms with Crippen molar-refractivity contribution in [1.29, 1.82) is 0 Å². The van der Waals surface area contributed by atoms with Crippen LogP contribution in [0.2, 0.25) is 0 Å². The molecule has 2 aromatic rings. The predicted molar refractivity (Wildman–Crippen MR) is 101 cm³/mol. The third-order valence-corrected chi connectivity index (χ3v) is 4.96. The highest BCUT2D eigenvalue weighted by atomic mass is 14.2. The Morgan fingerprint density at radius 2 is 1.70 bits per heavy atom. The van der Waals surface area contributed by atoms with Crippen LogP contribution in [0.1, 0.15) is 73.8 Å². The van der Waals surface area contributed by atoms with Gasteiger partial charge in [-0.3, -0.25) is 0 Å². The Labute approximate surface area is 141 Å². The minimum Gasteiger partial charge on any atom is -0.0760 e. The van der Waals surface area contributed by atoms with Gasteiger partial charge in [-0.05, 0) is 58.6 Å². The third kappa shape index (κ3) is 3.42. The van der Waals surface area contributed by atoms with E-state index in [0.717, 1.165) is 12.8 Å². The fourth-order valence-electron chi connectivity index (χ4n) is 3.53. The number of hydrogen-bond donors (Lipinski definition) is 0. The fraction of sp³-hybridized carbons (Fsp3) is 0.391. The molecule has 0 saturated carbocycles. The van der Waals surface area contributed by atoms with E-state index in [1.54, 1.807) is 0 Å². The average molecular weight is 304 g/mol. The topological polar surface area (TPSA) is 0 Å². The van der Waals surface area contributed by atoms with Gasteiger partial charge >= 0.3 is 0 Å². The second kappa shape index (κ2) is 7.17. The van der Waals surface area contributed by atoms with Gasteiger partial charge in [0.2, 0.25) is 0 Å². The Morgan fingerprint density at radius 1 is 0.957 bits per heavy atom. The molecule has 0 atom stereocenters. The molecule has 0 spiro atoms. The smallest absolute Gasteiger partial charge is 0.0146 e. The Bertz CT molecular complexity index is 704. The molecule has 1 aliphatic carbocycles. The summed E-state index contributed by atoms with van der Waals surface area (Å²) in [5.74, 6) is 0.596. The quantitative estimate of drug-likeness (QED) is 0.563. The van der Waals surface area contributed by atoms with Crippen LogP contribution in [0.4, 0.5) is 0 Å². The van der Waals surface area contributed by atoms with Gasteiger partial charge in [-0.2, -0.15) is 0 Å². The van der Waals surface area contributed by atoms with Gasteiger partial charge in [0.25, 0.3) is 0 Å². The van der Waals surface area contributed by atoms with Gasteiger partial charge in [0.15, 0.2) is 0 Å². The zero-order chi connectivity index (χ0) is 16.2. The van der Waals surface area contributed by atoms with Crippen LogP contribution in [-0.2, 0) is 12.8 Å². The number of rotatable bonds is 4. The lowest BCUT2D eigenvalue weighted by molar-refractivity contribution is 0.815. The number of unbranched alkanes of at least 4 members (excludes halogenated alkanes) is 2. The fourth-order valence-corrected chi connectivity index (χ4v) is 3.53. The molecule has 0 bridgehead atoms. The molecule has 0 amide bonds. The molecule has 0 fully saturated rings. The molecule has 120 valence electrons. The molecule has 0 heteroatoms. The molecule has 2 aromatic carbocycles. The lowest BCUT2D eigenvalue weighted by atomic mass is 9.90. The van der Waals surface area contributed by atoms with Crippen LogP contribution in [-0.4, -0.2) is 0 Å². The van der Waals surface area contributed by atoms with Crippen LogP contribution >= 0.6 is 0 Å². The third-order valence-electron chi connectivity index (χ3n) is 4.96. The maximum absolute atomic E-state index is 2.47. The summed E-state index contributed by atoms with van der Waals surface area (Å²) in [5.41, 5.74) is 8.84. The van der Waals surface area contributed by atoms with Crippen molar-refractivity contribution < 1.29 is 0 Å². The highest BCUT2D eigenvalue weighted by molar-refractivity contribution is 5.84. The minimum absolute atomic E-state index is 0.596. The van der Waals surface area contributed by atoms with Crippen LogP contribution in [0.25, 0.3) is 5.57 Å². The van der Waals surface area contributed by atoms with E-state index in [1.807, 2.05) is 0 Å². The summed E-state index contributed by atoms with van der Waals surface area (Å²) < 4.78 is 0. The van der Waals surface area contributed by atoms with Gasteiger partial charge in [-0.1, -0.05) is 82.2 Å². The van der Waals surface area contributed by atoms with E-state index in [2.05, 4.69) is 69.3 Å². The average Bonchev–Trinajstić information content (AvgIpc) is 2.72. The molecule has 0 saturated heterocycles. The largest absolute Gasteiger partial charge is 0.0760 e. The summed E-state index contributed by atoms with van der Waals surface area (Å²) in [5, 5.41) is 0. The first-order chi connectivity index (χ1) is 11.2. The summed E-state index contributed by atoms with van der Waals surface area (Å²) in [6, 6.07) is 16.1. The highest BCUT2D eigenvalue weighted by Gasteiger charge is 2.18. The van der Waals surface area contributed by atoms with E-state index in [0.29, 0.717) is 5.92 Å². The summed E-state index contributed by atoms with van der Waals surface area (Å²) in [7, 11) is 0. The Morgan fingerprint density at radius 3 is 2.48 bits per heavy atom. The van der Waals surface area contributed by atoms with E-state index >= 15 is 0 Å². The van der Waals surface area contributed by atoms with E-state index in [-0.39, 0.29) is 0 Å². The van der Waals surface area contributed by atoms with Gasteiger partial charge in [0.1, 0.15) is 0 Å². The van der Waals surface area contributed by atoms with Gasteiger partial charge in [0, 0.05) is 0 Å². The molecule has 0 heterocycles. The van der Waals surface area contributed by atoms with E-state index in [9.17, 15) is 0 Å². The monoisotopic (exact) mass is 304 g/mol. The van der Waals surface area contributed by atoms with Crippen molar-refractivity contribution in [2.45, 2.75) is 58.8 Å². The van der Waals surface area contributed by atoms with E-state index in [4.69, 9.17) is 0 Å². The van der Waals surface area contributed by atoms with Crippen molar-refractivity contribution in [2.75, 3.05) is 0 Å². The van der Waals surface area contributed by atoms with Crippen molar-refractivity contribution in [3.8, 4) is 0 Å². The van der Waals surface area contributed by atoms with Crippen LogP contribution in [0.15, 0.2) is 48.5 Å². The molecular weight excluding hydrogens is 276 g/mol. The van der Waals surface area contributed by atoms with E-state index in [1.165, 1.54) is 52.7 Å². The highest BCUT2D eigenvalue weighted by Crippen LogP contribution is 2.35. The first kappa shape index (κ1) is 16.1. The molecule has 0 unspecified atom stereocenters. The Hall–Kier alpha value is -1.82. The first-order valence-corrected chi connectivity index (χ1v) is 9.12. The molecule has 3 rings (SSSR count). The number of fused-ring (bicyclic) bond motifs is 2. The number of allylic oxidation sites excluding steroid dienone is 1. The van der Waals surface area contributed by atoms with Gasteiger partial charge in [-0.15, -0.1) is 0 Å². The molecule has 1 aliphatic rings. The van der Waals surface area contributed by atoms with Crippen molar-refractivity contribution in [3.63, 3.8) is 0 Å². The van der Waals surface area contributed by atoms with Crippen LogP contribution in [0.3, 0.4) is 0 Å². The van der Waals surface area contributed by atoms with Crippen LogP contribution in [0.5, 0.6) is 0 Å². The Balaban J connectivity index is 2.10. The zero-order valence-electron chi connectivity index (χ0n) is 14.7. The number of benzene rings is 2. The number of aryl methyl sites for hydroxylation is 2. The van der Waals surface area contributed by atoms with Gasteiger partial charge < -0.3 is 0 Å². The van der Waals surface area contributed by atoms with Crippen molar-refractivity contribution in [3.05, 3.63) is 76.4 Å². The molecule has 0 N–H and O–H groups in total. The van der Waals surface area contributed by atoms with Gasteiger partial charge in [0.05, 0.1) is 0 Å². The van der Waals surface area contributed by atoms with Crippen molar-refractivity contribution in [1.82, 2.24) is 0 Å².